The lowest BCUT2D eigenvalue weighted by molar-refractivity contribution is -0.145. The summed E-state index contributed by atoms with van der Waals surface area (Å²) in [5.41, 5.74) is 3.45. The van der Waals surface area contributed by atoms with Crippen LogP contribution < -0.4 is 25.0 Å². The summed E-state index contributed by atoms with van der Waals surface area (Å²) in [4.78, 5) is 36.8. The van der Waals surface area contributed by atoms with Crippen LogP contribution in [0.2, 0.25) is 0 Å². The SMILES string of the molecule is CCOC(=O)COc1cccc(/C=N/NC(=O)C(NC(=O)c2ccc3c(c2)OCO3)C(C)C)c1. The predicted octanol–water partition coefficient (Wildman–Crippen LogP) is 2.26. The molecule has 0 saturated heterocycles. The molecule has 3 rings (SSSR count). The topological polar surface area (TPSA) is 125 Å². The lowest BCUT2D eigenvalue weighted by Crippen LogP contribution is -2.48. The van der Waals surface area contributed by atoms with E-state index in [2.05, 4.69) is 15.8 Å². The number of carbonyl (C=O) groups excluding carboxylic acids is 3. The van der Waals surface area contributed by atoms with Crippen LogP contribution in [0.15, 0.2) is 47.6 Å². The van der Waals surface area contributed by atoms with Crippen molar-refractivity contribution in [3.63, 3.8) is 0 Å². The van der Waals surface area contributed by atoms with E-state index in [4.69, 9.17) is 18.9 Å². The van der Waals surface area contributed by atoms with Crippen molar-refractivity contribution in [3.8, 4) is 17.2 Å². The zero-order valence-corrected chi connectivity index (χ0v) is 19.2. The van der Waals surface area contributed by atoms with Crippen LogP contribution in [-0.2, 0) is 14.3 Å². The molecule has 0 fully saturated rings. The number of amides is 2. The van der Waals surface area contributed by atoms with Crippen LogP contribution in [0.4, 0.5) is 0 Å². The maximum absolute atomic E-state index is 12.7. The number of nitrogens with zero attached hydrogens (tertiary/aromatic N) is 1. The molecule has 1 aliphatic rings. The molecule has 0 aliphatic carbocycles. The number of fused-ring (bicyclic) bond motifs is 1. The standard InChI is InChI=1S/C24H27N3O7/c1-4-31-21(28)13-32-18-7-5-6-16(10-18)12-25-27-24(30)22(15(2)3)26-23(29)17-8-9-19-20(11-17)34-14-33-19/h5-12,15,22H,4,13-14H2,1-3H3,(H,26,29)(H,27,30)/b25-12+. The second-order valence-corrected chi connectivity index (χ2v) is 7.66. The smallest absolute Gasteiger partial charge is 0.344 e. The lowest BCUT2D eigenvalue weighted by atomic mass is 10.0. The Morgan fingerprint density at radius 2 is 1.91 bits per heavy atom. The molecule has 0 radical (unpaired) electrons. The number of benzene rings is 2. The summed E-state index contributed by atoms with van der Waals surface area (Å²) in [7, 11) is 0. The molecule has 0 bridgehead atoms. The largest absolute Gasteiger partial charge is 0.482 e. The molecule has 1 aliphatic heterocycles. The molecule has 180 valence electrons. The van der Waals surface area contributed by atoms with Gasteiger partial charge in [0, 0.05) is 5.56 Å². The zero-order valence-electron chi connectivity index (χ0n) is 19.2. The molecule has 2 N–H and O–H groups in total. The molecular formula is C24H27N3O7. The highest BCUT2D eigenvalue weighted by molar-refractivity contribution is 5.98. The second-order valence-electron chi connectivity index (χ2n) is 7.66. The number of nitrogens with one attached hydrogen (secondary N) is 2. The van der Waals surface area contributed by atoms with E-state index in [1.807, 2.05) is 13.8 Å². The van der Waals surface area contributed by atoms with Gasteiger partial charge in [0.1, 0.15) is 11.8 Å². The van der Waals surface area contributed by atoms with Crippen molar-refractivity contribution in [2.24, 2.45) is 11.0 Å². The Labute approximate surface area is 197 Å². The van der Waals surface area contributed by atoms with Crippen LogP contribution in [0.1, 0.15) is 36.7 Å². The number of hydrogen-bond donors (Lipinski definition) is 2. The summed E-state index contributed by atoms with van der Waals surface area (Å²) in [5.74, 6) is -0.0169. The van der Waals surface area contributed by atoms with Gasteiger partial charge in [0.15, 0.2) is 18.1 Å². The van der Waals surface area contributed by atoms with Gasteiger partial charge < -0.3 is 24.3 Å². The van der Waals surface area contributed by atoms with Gasteiger partial charge in [-0.05, 0) is 48.7 Å². The molecule has 0 saturated carbocycles. The van der Waals surface area contributed by atoms with Crippen LogP contribution in [0.5, 0.6) is 17.2 Å². The van der Waals surface area contributed by atoms with E-state index in [1.54, 1.807) is 49.4 Å². The summed E-state index contributed by atoms with van der Waals surface area (Å²) in [6.07, 6.45) is 1.44. The van der Waals surface area contributed by atoms with Crippen LogP contribution in [0.3, 0.4) is 0 Å². The average molecular weight is 469 g/mol. The van der Waals surface area contributed by atoms with Gasteiger partial charge in [-0.25, -0.2) is 10.2 Å². The number of ether oxygens (including phenoxy) is 4. The van der Waals surface area contributed by atoms with Crippen molar-refractivity contribution >= 4 is 24.0 Å². The minimum absolute atomic E-state index is 0.107. The Hall–Kier alpha value is -4.08. The molecule has 1 unspecified atom stereocenters. The monoisotopic (exact) mass is 469 g/mol. The van der Waals surface area contributed by atoms with Gasteiger partial charge in [-0.2, -0.15) is 5.10 Å². The minimum atomic E-state index is -0.811. The van der Waals surface area contributed by atoms with E-state index in [-0.39, 0.29) is 25.9 Å². The van der Waals surface area contributed by atoms with E-state index in [0.717, 1.165) is 0 Å². The molecule has 2 aromatic rings. The Kier molecular flexibility index (Phi) is 8.44. The van der Waals surface area contributed by atoms with Crippen molar-refractivity contribution in [3.05, 3.63) is 53.6 Å². The summed E-state index contributed by atoms with van der Waals surface area (Å²) >= 11 is 0. The van der Waals surface area contributed by atoms with Crippen LogP contribution in [0.25, 0.3) is 0 Å². The Morgan fingerprint density at radius 1 is 1.12 bits per heavy atom. The molecule has 0 spiro atoms. The van der Waals surface area contributed by atoms with E-state index >= 15 is 0 Å². The normalized spacial score (nSPS) is 12.9. The van der Waals surface area contributed by atoms with Crippen molar-refractivity contribution in [2.75, 3.05) is 20.0 Å². The first-order chi connectivity index (χ1) is 16.4. The van der Waals surface area contributed by atoms with Crippen LogP contribution >= 0.6 is 0 Å². The number of rotatable bonds is 10. The summed E-state index contributed by atoms with van der Waals surface area (Å²) < 4.78 is 20.8. The van der Waals surface area contributed by atoms with Crippen molar-refractivity contribution in [2.45, 2.75) is 26.8 Å². The fourth-order valence-corrected chi connectivity index (χ4v) is 3.07. The lowest BCUT2D eigenvalue weighted by Gasteiger charge is -2.20. The van der Waals surface area contributed by atoms with Crippen molar-refractivity contribution in [1.82, 2.24) is 10.7 Å². The van der Waals surface area contributed by atoms with Gasteiger partial charge in [0.2, 0.25) is 6.79 Å². The molecule has 10 nitrogen and oxygen atoms in total. The minimum Gasteiger partial charge on any atom is -0.482 e. The zero-order chi connectivity index (χ0) is 24.5. The molecular weight excluding hydrogens is 442 g/mol. The molecule has 34 heavy (non-hydrogen) atoms. The fraction of sp³-hybridized carbons (Fsp3) is 0.333. The maximum atomic E-state index is 12.7. The third-order valence-corrected chi connectivity index (χ3v) is 4.78. The van der Waals surface area contributed by atoms with Gasteiger partial charge in [0.25, 0.3) is 11.8 Å². The number of hydrazone groups is 1. The van der Waals surface area contributed by atoms with Gasteiger partial charge in [-0.1, -0.05) is 26.0 Å². The van der Waals surface area contributed by atoms with Gasteiger partial charge in [0.05, 0.1) is 12.8 Å². The highest BCUT2D eigenvalue weighted by Gasteiger charge is 2.25. The highest BCUT2D eigenvalue weighted by Crippen LogP contribution is 2.32. The number of esters is 1. The molecule has 2 aromatic carbocycles. The first-order valence-corrected chi connectivity index (χ1v) is 10.8. The number of hydrogen-bond acceptors (Lipinski definition) is 8. The predicted molar refractivity (Wildman–Crippen MR) is 123 cm³/mol. The quantitative estimate of drug-likeness (QED) is 0.311. The summed E-state index contributed by atoms with van der Waals surface area (Å²) in [6.45, 7) is 5.54. The van der Waals surface area contributed by atoms with E-state index < -0.39 is 23.8 Å². The Morgan fingerprint density at radius 3 is 2.68 bits per heavy atom. The van der Waals surface area contributed by atoms with E-state index in [0.29, 0.717) is 28.4 Å². The molecule has 1 atom stereocenters. The first-order valence-electron chi connectivity index (χ1n) is 10.8. The Bertz CT molecular complexity index is 1070. The third-order valence-electron chi connectivity index (χ3n) is 4.78. The summed E-state index contributed by atoms with van der Waals surface area (Å²) in [6, 6.07) is 10.9. The molecule has 2 amide bonds. The Balaban J connectivity index is 1.57. The highest BCUT2D eigenvalue weighted by atomic mass is 16.7. The van der Waals surface area contributed by atoms with E-state index in [1.165, 1.54) is 6.21 Å². The van der Waals surface area contributed by atoms with Gasteiger partial charge in [-0.3, -0.25) is 9.59 Å². The third kappa shape index (κ3) is 6.71. The summed E-state index contributed by atoms with van der Waals surface area (Å²) in [5, 5.41) is 6.71. The van der Waals surface area contributed by atoms with Gasteiger partial charge in [-0.15, -0.1) is 0 Å². The van der Waals surface area contributed by atoms with Crippen LogP contribution in [-0.4, -0.2) is 50.0 Å². The van der Waals surface area contributed by atoms with Crippen molar-refractivity contribution in [1.29, 1.82) is 0 Å². The van der Waals surface area contributed by atoms with E-state index in [9.17, 15) is 14.4 Å². The maximum Gasteiger partial charge on any atom is 0.344 e. The van der Waals surface area contributed by atoms with Crippen LogP contribution in [0, 0.1) is 5.92 Å². The van der Waals surface area contributed by atoms with Crippen molar-refractivity contribution < 1.29 is 33.3 Å². The molecule has 0 aromatic heterocycles. The van der Waals surface area contributed by atoms with Gasteiger partial charge >= 0.3 is 5.97 Å². The fourth-order valence-electron chi connectivity index (χ4n) is 3.07. The number of carbonyl (C=O) groups is 3. The molecule has 10 heteroatoms. The second kappa shape index (κ2) is 11.7. The average Bonchev–Trinajstić information content (AvgIpc) is 3.29. The molecule has 1 heterocycles. The first kappa shape index (κ1) is 24.6.